The van der Waals surface area contributed by atoms with Crippen LogP contribution in [0.5, 0.6) is 0 Å². The molecule has 0 aliphatic rings. The third-order valence-corrected chi connectivity index (χ3v) is 6.98. The number of fused-ring (bicyclic) bond motifs is 5. The minimum atomic E-state index is 0.339. The third kappa shape index (κ3) is 7.18. The average Bonchev–Trinajstić information content (AvgIpc) is 3.51. The predicted molar refractivity (Wildman–Crippen MR) is 166 cm³/mol. The first-order valence-electron chi connectivity index (χ1n) is 13.1. The second-order valence-electron chi connectivity index (χ2n) is 8.36. The van der Waals surface area contributed by atoms with Gasteiger partial charge in [-0.3, -0.25) is 0 Å². The van der Waals surface area contributed by atoms with E-state index in [1.54, 1.807) is 11.3 Å². The average molecular weight is 499 g/mol. The molecule has 4 rings (SSSR count). The zero-order valence-corrected chi connectivity index (χ0v) is 23.7. The Morgan fingerprint density at radius 2 is 1.75 bits per heavy atom. The summed E-state index contributed by atoms with van der Waals surface area (Å²) >= 11 is 1.72. The molecular formula is C33H42N2S. The maximum absolute atomic E-state index is 4.84. The standard InChI is InChI=1S/C26H26N2S.C5H10.C2H6/c1-5-7-8-9-10-11-18(4)26-28-23-15-13-20-21-16-19(17(3)6-2)12-14-22(21)27-24(20)25(23)29-26;1-3-5-4-2;1-2/h6-10,12-17,27H,2,4-5,11H2,1,3H3;3,5H,4H2,1-2H3;1-2H3/b8-7-,10-9?;5-3-;. The molecule has 0 aliphatic heterocycles. The van der Waals surface area contributed by atoms with Crippen molar-refractivity contribution in [3.05, 3.63) is 96.6 Å². The molecule has 190 valence electrons. The highest BCUT2D eigenvalue weighted by molar-refractivity contribution is 7.20. The van der Waals surface area contributed by atoms with E-state index in [2.05, 4.69) is 106 Å². The van der Waals surface area contributed by atoms with Gasteiger partial charge < -0.3 is 4.98 Å². The number of aromatic nitrogens is 2. The Morgan fingerprint density at radius 1 is 1.03 bits per heavy atom. The smallest absolute Gasteiger partial charge is 0.120 e. The minimum Gasteiger partial charge on any atom is -0.353 e. The Labute approximate surface area is 221 Å². The van der Waals surface area contributed by atoms with Crippen LogP contribution in [0.2, 0.25) is 0 Å². The maximum atomic E-state index is 4.84. The number of H-pyrrole nitrogens is 1. The summed E-state index contributed by atoms with van der Waals surface area (Å²) in [5, 5.41) is 3.51. The van der Waals surface area contributed by atoms with Crippen LogP contribution in [0.4, 0.5) is 0 Å². The van der Waals surface area contributed by atoms with Gasteiger partial charge in [-0.05, 0) is 67.5 Å². The number of aromatic amines is 1. The van der Waals surface area contributed by atoms with Crippen LogP contribution in [0, 0.1) is 0 Å². The van der Waals surface area contributed by atoms with E-state index >= 15 is 0 Å². The first-order valence-corrected chi connectivity index (χ1v) is 13.9. The van der Waals surface area contributed by atoms with Crippen molar-refractivity contribution in [2.24, 2.45) is 0 Å². The van der Waals surface area contributed by atoms with E-state index in [4.69, 9.17) is 4.98 Å². The van der Waals surface area contributed by atoms with Crippen LogP contribution >= 0.6 is 11.3 Å². The molecule has 0 saturated carbocycles. The summed E-state index contributed by atoms with van der Waals surface area (Å²) in [4.78, 5) is 8.46. The van der Waals surface area contributed by atoms with Crippen LogP contribution in [0.1, 0.15) is 77.3 Å². The Balaban J connectivity index is 0.000000583. The van der Waals surface area contributed by atoms with Crippen molar-refractivity contribution in [2.45, 2.75) is 66.7 Å². The van der Waals surface area contributed by atoms with E-state index in [-0.39, 0.29) is 0 Å². The summed E-state index contributed by atoms with van der Waals surface area (Å²) in [6, 6.07) is 10.9. The van der Waals surface area contributed by atoms with Gasteiger partial charge in [-0.25, -0.2) is 4.98 Å². The van der Waals surface area contributed by atoms with Gasteiger partial charge in [-0.2, -0.15) is 0 Å². The summed E-state index contributed by atoms with van der Waals surface area (Å²) in [6.07, 6.45) is 17.6. The third-order valence-electron chi connectivity index (χ3n) is 5.79. The van der Waals surface area contributed by atoms with Crippen LogP contribution < -0.4 is 0 Å². The first kappa shape index (κ1) is 29.1. The van der Waals surface area contributed by atoms with E-state index in [0.29, 0.717) is 5.92 Å². The summed E-state index contributed by atoms with van der Waals surface area (Å²) in [6.45, 7) is 20.7. The van der Waals surface area contributed by atoms with Crippen molar-refractivity contribution >= 4 is 48.9 Å². The fraction of sp³-hybridized carbons (Fsp3) is 0.303. The van der Waals surface area contributed by atoms with Crippen LogP contribution in [0.25, 0.3) is 37.6 Å². The van der Waals surface area contributed by atoms with E-state index in [1.807, 2.05) is 26.8 Å². The Hall–Kier alpha value is -3.17. The number of nitrogens with one attached hydrogen (secondary N) is 1. The molecule has 2 nitrogen and oxygen atoms in total. The molecule has 1 N–H and O–H groups in total. The van der Waals surface area contributed by atoms with Crippen LogP contribution in [0.15, 0.2) is 86.0 Å². The van der Waals surface area contributed by atoms with Crippen molar-refractivity contribution in [1.82, 2.24) is 9.97 Å². The SMILES string of the molecule is C/C=C\CC.C=CC(C)c1ccc2[nH]c3c(ccc4nc(C(=C)CC=C/C=C\CC)sc43)c2c1.CC. The van der Waals surface area contributed by atoms with Gasteiger partial charge in [0, 0.05) is 16.3 Å². The second kappa shape index (κ2) is 15.1. The van der Waals surface area contributed by atoms with Gasteiger partial charge in [0.25, 0.3) is 0 Å². The summed E-state index contributed by atoms with van der Waals surface area (Å²) < 4.78 is 1.20. The number of allylic oxidation sites excluding steroid dienone is 8. The summed E-state index contributed by atoms with van der Waals surface area (Å²) in [5.41, 5.74) is 5.69. The lowest BCUT2D eigenvalue weighted by Crippen LogP contribution is -1.87. The van der Waals surface area contributed by atoms with Crippen molar-refractivity contribution in [3.8, 4) is 0 Å². The van der Waals surface area contributed by atoms with Gasteiger partial charge >= 0.3 is 0 Å². The largest absolute Gasteiger partial charge is 0.353 e. The monoisotopic (exact) mass is 498 g/mol. The zero-order chi connectivity index (χ0) is 26.5. The molecule has 4 aromatic rings. The Kier molecular flexibility index (Phi) is 12.2. The molecule has 1 unspecified atom stereocenters. The van der Waals surface area contributed by atoms with Crippen molar-refractivity contribution in [3.63, 3.8) is 0 Å². The van der Waals surface area contributed by atoms with Crippen molar-refractivity contribution in [2.75, 3.05) is 0 Å². The molecule has 2 aromatic heterocycles. The van der Waals surface area contributed by atoms with E-state index in [9.17, 15) is 0 Å². The topological polar surface area (TPSA) is 28.7 Å². The molecular weight excluding hydrogens is 456 g/mol. The highest BCUT2D eigenvalue weighted by atomic mass is 32.1. The Morgan fingerprint density at radius 3 is 2.39 bits per heavy atom. The minimum absolute atomic E-state index is 0.339. The quantitative estimate of drug-likeness (QED) is 0.190. The summed E-state index contributed by atoms with van der Waals surface area (Å²) in [5.74, 6) is 0.339. The van der Waals surface area contributed by atoms with E-state index in [0.717, 1.165) is 40.9 Å². The van der Waals surface area contributed by atoms with Gasteiger partial charge in [0.15, 0.2) is 0 Å². The summed E-state index contributed by atoms with van der Waals surface area (Å²) in [7, 11) is 0. The molecule has 0 saturated heterocycles. The van der Waals surface area contributed by atoms with E-state index in [1.165, 1.54) is 26.6 Å². The predicted octanol–water partition coefficient (Wildman–Crippen LogP) is 11.1. The fourth-order valence-electron chi connectivity index (χ4n) is 3.77. The molecule has 3 heteroatoms. The molecule has 0 aliphatic carbocycles. The second-order valence-corrected chi connectivity index (χ2v) is 9.36. The number of hydrogen-bond acceptors (Lipinski definition) is 2. The number of nitrogens with zero attached hydrogens (tertiary/aromatic N) is 1. The molecule has 2 heterocycles. The van der Waals surface area contributed by atoms with Crippen LogP contribution in [-0.4, -0.2) is 9.97 Å². The van der Waals surface area contributed by atoms with Gasteiger partial charge in [-0.1, -0.05) is 89.8 Å². The number of hydrogen-bond donors (Lipinski definition) is 1. The van der Waals surface area contributed by atoms with Gasteiger partial charge in [0.1, 0.15) is 5.01 Å². The molecule has 0 spiro atoms. The molecule has 1 atom stereocenters. The molecule has 0 fully saturated rings. The lowest BCUT2D eigenvalue weighted by atomic mass is 9.99. The lowest BCUT2D eigenvalue weighted by molar-refractivity contribution is 0.974. The van der Waals surface area contributed by atoms with Crippen LogP contribution in [-0.2, 0) is 0 Å². The van der Waals surface area contributed by atoms with Crippen molar-refractivity contribution < 1.29 is 0 Å². The highest BCUT2D eigenvalue weighted by Crippen LogP contribution is 2.37. The van der Waals surface area contributed by atoms with Gasteiger partial charge in [-0.15, -0.1) is 17.9 Å². The van der Waals surface area contributed by atoms with Gasteiger partial charge in [0.2, 0.25) is 0 Å². The maximum Gasteiger partial charge on any atom is 0.120 e. The lowest BCUT2D eigenvalue weighted by Gasteiger charge is -2.05. The van der Waals surface area contributed by atoms with Crippen molar-refractivity contribution in [1.29, 1.82) is 0 Å². The number of thiazole rings is 1. The molecule has 0 bridgehead atoms. The number of rotatable bonds is 8. The molecule has 2 aromatic carbocycles. The highest BCUT2D eigenvalue weighted by Gasteiger charge is 2.14. The Bertz CT molecular complexity index is 1360. The zero-order valence-electron chi connectivity index (χ0n) is 22.9. The van der Waals surface area contributed by atoms with Crippen LogP contribution in [0.3, 0.4) is 0 Å². The van der Waals surface area contributed by atoms with Gasteiger partial charge in [0.05, 0.1) is 15.7 Å². The number of benzene rings is 2. The molecule has 36 heavy (non-hydrogen) atoms. The fourth-order valence-corrected chi connectivity index (χ4v) is 4.81. The normalized spacial score (nSPS) is 12.3. The first-order chi connectivity index (χ1) is 17.5. The van der Waals surface area contributed by atoms with E-state index < -0.39 is 0 Å². The molecule has 0 radical (unpaired) electrons. The molecule has 0 amide bonds.